The van der Waals surface area contributed by atoms with Gasteiger partial charge in [-0.2, -0.15) is 11.8 Å². The Morgan fingerprint density at radius 1 is 1.37 bits per heavy atom. The second-order valence-corrected chi connectivity index (χ2v) is 10.1. The van der Waals surface area contributed by atoms with Gasteiger partial charge < -0.3 is 19.8 Å². The highest BCUT2D eigenvalue weighted by molar-refractivity contribution is 7.99. The highest BCUT2D eigenvalue weighted by atomic mass is 32.2. The summed E-state index contributed by atoms with van der Waals surface area (Å²) in [7, 11) is 0. The maximum Gasteiger partial charge on any atom is 0.223 e. The second-order valence-electron chi connectivity index (χ2n) is 8.98. The van der Waals surface area contributed by atoms with E-state index >= 15 is 0 Å². The van der Waals surface area contributed by atoms with Crippen LogP contribution in [0.5, 0.6) is 0 Å². The molecule has 3 rings (SSSR count). The Balaban J connectivity index is 1.37. The lowest BCUT2D eigenvalue weighted by atomic mass is 9.89. The molecule has 0 radical (unpaired) electrons. The second kappa shape index (κ2) is 12.3. The van der Waals surface area contributed by atoms with Gasteiger partial charge in [-0.15, -0.1) is 0 Å². The van der Waals surface area contributed by atoms with E-state index in [2.05, 4.69) is 19.1 Å². The third-order valence-corrected chi connectivity index (χ3v) is 7.79. The van der Waals surface area contributed by atoms with E-state index < -0.39 is 6.10 Å². The molecule has 1 saturated carbocycles. The van der Waals surface area contributed by atoms with E-state index in [1.54, 1.807) is 0 Å². The molecule has 1 heterocycles. The van der Waals surface area contributed by atoms with E-state index in [0.29, 0.717) is 31.5 Å². The monoisotopic (exact) mass is 437 g/mol. The van der Waals surface area contributed by atoms with Crippen LogP contribution in [0.3, 0.4) is 0 Å². The van der Waals surface area contributed by atoms with Crippen LogP contribution in [-0.2, 0) is 9.53 Å². The number of carbonyl (C=O) groups excluding carboxylic acids is 1. The zero-order valence-corrected chi connectivity index (χ0v) is 19.2. The van der Waals surface area contributed by atoms with Gasteiger partial charge in [0.15, 0.2) is 0 Å². The van der Waals surface area contributed by atoms with E-state index in [9.17, 15) is 15.0 Å². The smallest absolute Gasteiger partial charge is 0.223 e. The number of thioether (sulfide) groups is 1. The number of amides is 1. The molecule has 2 N–H and O–H groups in total. The van der Waals surface area contributed by atoms with Crippen molar-refractivity contribution in [2.24, 2.45) is 17.8 Å². The van der Waals surface area contributed by atoms with Gasteiger partial charge in [0, 0.05) is 36.9 Å². The highest BCUT2D eigenvalue weighted by Gasteiger charge is 2.43. The van der Waals surface area contributed by atoms with Crippen molar-refractivity contribution < 1.29 is 19.7 Å². The number of morpholine rings is 1. The lowest BCUT2D eigenvalue weighted by Gasteiger charge is -2.26. The number of carbonyl (C=O) groups is 1. The van der Waals surface area contributed by atoms with Crippen LogP contribution in [0.25, 0.3) is 0 Å². The van der Waals surface area contributed by atoms with Crippen molar-refractivity contribution in [1.82, 2.24) is 4.90 Å². The molecule has 0 aromatic carbocycles. The Morgan fingerprint density at radius 2 is 2.17 bits per heavy atom. The average molecular weight is 438 g/mol. The summed E-state index contributed by atoms with van der Waals surface area (Å²) in [6.07, 6.45) is 12.3. The predicted molar refractivity (Wildman–Crippen MR) is 122 cm³/mol. The first-order valence-electron chi connectivity index (χ1n) is 11.8. The molecule has 0 aromatic heterocycles. The molecule has 5 nitrogen and oxygen atoms in total. The fourth-order valence-corrected chi connectivity index (χ4v) is 5.94. The number of allylic oxidation sites excluding steroid dienone is 1. The first kappa shape index (κ1) is 23.8. The largest absolute Gasteiger partial charge is 0.392 e. The molecule has 2 fully saturated rings. The number of aliphatic hydroxyl groups is 2. The summed E-state index contributed by atoms with van der Waals surface area (Å²) in [5.41, 5.74) is 1.46. The minimum Gasteiger partial charge on any atom is -0.392 e. The van der Waals surface area contributed by atoms with E-state index in [-0.39, 0.29) is 17.9 Å². The van der Waals surface area contributed by atoms with E-state index in [1.165, 1.54) is 5.57 Å². The molecule has 5 atom stereocenters. The lowest BCUT2D eigenvalue weighted by molar-refractivity contribution is -0.134. The Hall–Kier alpha value is -0.820. The summed E-state index contributed by atoms with van der Waals surface area (Å²) < 4.78 is 5.30. The van der Waals surface area contributed by atoms with Crippen LogP contribution in [0.4, 0.5) is 0 Å². The fourth-order valence-electron chi connectivity index (χ4n) is 5.00. The first-order valence-corrected chi connectivity index (χ1v) is 12.9. The van der Waals surface area contributed by atoms with Gasteiger partial charge in [-0.3, -0.25) is 4.79 Å². The van der Waals surface area contributed by atoms with Gasteiger partial charge in [-0.25, -0.2) is 0 Å². The predicted octanol–water partition coefficient (Wildman–Crippen LogP) is 3.41. The number of nitrogens with zero attached hydrogens (tertiary/aromatic N) is 1. The molecule has 1 amide bonds. The zero-order chi connectivity index (χ0) is 21.3. The van der Waals surface area contributed by atoms with Gasteiger partial charge in [0.2, 0.25) is 5.91 Å². The molecule has 3 aliphatic rings. The fraction of sp³-hybridized carbons (Fsp3) is 0.792. The normalized spacial score (nSPS) is 30.0. The van der Waals surface area contributed by atoms with Crippen LogP contribution < -0.4 is 0 Å². The van der Waals surface area contributed by atoms with Crippen molar-refractivity contribution in [3.8, 4) is 0 Å². The molecule has 0 spiro atoms. The summed E-state index contributed by atoms with van der Waals surface area (Å²) in [5, 5.41) is 20.7. The number of hydrogen-bond acceptors (Lipinski definition) is 5. The number of rotatable bonds is 11. The lowest BCUT2D eigenvalue weighted by Crippen LogP contribution is -2.40. The summed E-state index contributed by atoms with van der Waals surface area (Å²) in [6.45, 7) is 4.94. The summed E-state index contributed by atoms with van der Waals surface area (Å²) >= 11 is 1.85. The van der Waals surface area contributed by atoms with Gasteiger partial charge in [-0.05, 0) is 31.1 Å². The molecule has 170 valence electrons. The number of hydrogen-bond donors (Lipinski definition) is 2. The number of unbranched alkanes of at least 4 members (excludes halogenated alkanes) is 2. The van der Waals surface area contributed by atoms with Crippen LogP contribution in [0.1, 0.15) is 51.9 Å². The van der Waals surface area contributed by atoms with Crippen molar-refractivity contribution in [2.45, 2.75) is 64.1 Å². The Kier molecular flexibility index (Phi) is 9.75. The van der Waals surface area contributed by atoms with Gasteiger partial charge in [-0.1, -0.05) is 50.0 Å². The molecule has 1 saturated heterocycles. The van der Waals surface area contributed by atoms with Gasteiger partial charge in [0.25, 0.3) is 0 Å². The van der Waals surface area contributed by atoms with Crippen molar-refractivity contribution in [3.63, 3.8) is 0 Å². The van der Waals surface area contributed by atoms with E-state index in [0.717, 1.165) is 63.1 Å². The van der Waals surface area contributed by atoms with Crippen LogP contribution in [0, 0.1) is 17.8 Å². The maximum atomic E-state index is 12.2. The Labute approximate surface area is 185 Å². The van der Waals surface area contributed by atoms with E-state index in [1.807, 2.05) is 22.7 Å². The van der Waals surface area contributed by atoms with Crippen molar-refractivity contribution in [2.75, 3.05) is 37.8 Å². The maximum absolute atomic E-state index is 12.2. The molecular formula is C24H39NO4S. The third kappa shape index (κ3) is 6.84. The van der Waals surface area contributed by atoms with E-state index in [4.69, 9.17) is 4.74 Å². The molecule has 6 heteroatoms. The SMILES string of the molecule is CCCCC[C@H](O)/C=C/[C@@H]1[C@H]2CC(CSCCC(=O)N3CCOCC3)=C[C@H]2C[C@H]1O. The van der Waals surface area contributed by atoms with Crippen molar-refractivity contribution in [1.29, 1.82) is 0 Å². The molecular weight excluding hydrogens is 398 g/mol. The summed E-state index contributed by atoms with van der Waals surface area (Å²) in [6, 6.07) is 0. The van der Waals surface area contributed by atoms with Crippen molar-refractivity contribution >= 4 is 17.7 Å². The zero-order valence-electron chi connectivity index (χ0n) is 18.4. The molecule has 2 aliphatic carbocycles. The minimum absolute atomic E-state index is 0.150. The van der Waals surface area contributed by atoms with Crippen molar-refractivity contribution in [3.05, 3.63) is 23.8 Å². The van der Waals surface area contributed by atoms with Crippen LogP contribution in [0.15, 0.2) is 23.8 Å². The molecule has 0 bridgehead atoms. The van der Waals surface area contributed by atoms with Crippen LogP contribution in [0.2, 0.25) is 0 Å². The number of ether oxygens (including phenoxy) is 1. The topological polar surface area (TPSA) is 70.0 Å². The highest BCUT2D eigenvalue weighted by Crippen LogP contribution is 2.47. The molecule has 1 aliphatic heterocycles. The van der Waals surface area contributed by atoms with Crippen LogP contribution >= 0.6 is 11.8 Å². The third-order valence-electron chi connectivity index (χ3n) is 6.72. The summed E-state index contributed by atoms with van der Waals surface area (Å²) in [5.74, 6) is 3.16. The quantitative estimate of drug-likeness (QED) is 0.383. The van der Waals surface area contributed by atoms with Crippen LogP contribution in [-0.4, -0.2) is 71.0 Å². The Morgan fingerprint density at radius 3 is 2.93 bits per heavy atom. The number of aliphatic hydroxyl groups excluding tert-OH is 2. The number of fused-ring (bicyclic) bond motifs is 1. The summed E-state index contributed by atoms with van der Waals surface area (Å²) in [4.78, 5) is 14.1. The van der Waals surface area contributed by atoms with Gasteiger partial charge in [0.05, 0.1) is 25.4 Å². The molecule has 0 unspecified atom stereocenters. The average Bonchev–Trinajstić information content (AvgIpc) is 3.26. The Bertz CT molecular complexity index is 602. The molecule has 0 aromatic rings. The minimum atomic E-state index is -0.392. The first-order chi connectivity index (χ1) is 14.6. The molecule has 30 heavy (non-hydrogen) atoms. The van der Waals surface area contributed by atoms with Gasteiger partial charge >= 0.3 is 0 Å². The standard InChI is InChI=1S/C24H39NO4S/c1-2-3-4-5-20(26)6-7-21-22-15-18(14-19(22)16-23(21)27)17-30-13-8-24(28)25-9-11-29-12-10-25/h6-7,14,19-23,26-27H,2-5,8-13,15-17H2,1H3/b7-6+/t19-,20-,21+,22-,23+/m0/s1. The van der Waals surface area contributed by atoms with Gasteiger partial charge in [0.1, 0.15) is 0 Å².